The van der Waals surface area contributed by atoms with E-state index in [2.05, 4.69) is 132 Å². The molecule has 10 aliphatic rings. The van der Waals surface area contributed by atoms with Crippen molar-refractivity contribution in [1.82, 2.24) is 39.9 Å². The summed E-state index contributed by atoms with van der Waals surface area (Å²) in [6, 6.07) is 18.6. The zero-order chi connectivity index (χ0) is 67.1. The van der Waals surface area contributed by atoms with Crippen LogP contribution in [0.25, 0.3) is 88.7 Å². The Kier molecular flexibility index (Phi) is 21.1. The van der Waals surface area contributed by atoms with E-state index in [-0.39, 0.29) is 62.6 Å². The molecule has 0 radical (unpaired) electrons. The molecular formula is C85H98N8O3Zn2. The molecule has 4 atom stereocenters. The van der Waals surface area contributed by atoms with Gasteiger partial charge in [-0.25, -0.2) is 19.9 Å². The van der Waals surface area contributed by atoms with E-state index in [9.17, 15) is 0 Å². The summed E-state index contributed by atoms with van der Waals surface area (Å²) in [4.78, 5) is 45.3. The van der Waals surface area contributed by atoms with E-state index in [1.807, 2.05) is 14.2 Å². The Morgan fingerprint density at radius 3 is 0.724 bits per heavy atom. The Hall–Kier alpha value is -6.77. The minimum absolute atomic E-state index is 0. The second-order valence-electron chi connectivity index (χ2n) is 28.1. The SMILES string of the molecule is CCCCC1=C(C)c2cc3[n-]c(cc4nc(cc5[n-]c(cc1n2)c(CC)c5CC)C(CCCC)=C4C)c1c3C2CCC1c1c(OC)c3c(c(OC)c12)C1CCC3c2c1c1cc3nc(cc4[n-]c(cc5nc(cc2[n-]1)C(C)=C5CCCC)c(CC)c4CC)C(CCCC)=C3C.CO.[Zn+2].[Zn+2]. The van der Waals surface area contributed by atoms with Gasteiger partial charge in [0.25, 0.3) is 0 Å². The number of hydrogen-bond acceptors (Lipinski definition) is 7. The van der Waals surface area contributed by atoms with E-state index in [0.717, 1.165) is 237 Å². The average Bonchev–Trinajstić information content (AvgIpc) is 1.23. The molecule has 17 rings (SSSR count). The van der Waals surface area contributed by atoms with Gasteiger partial charge in [-0.3, -0.25) is 0 Å². The quantitative estimate of drug-likeness (QED) is 0.0819. The maximum atomic E-state index is 7.13. The van der Waals surface area contributed by atoms with Crippen LogP contribution >= 0.6 is 0 Å². The topological polar surface area (TPSA) is 147 Å². The molecule has 6 aromatic heterocycles. The molecular weight excluding hydrogens is 1310 g/mol. The fraction of sp³-hybridized carbons (Fsp3) is 0.459. The molecule has 7 aromatic rings. The minimum Gasteiger partial charge on any atom is -0.657 e. The van der Waals surface area contributed by atoms with Crippen molar-refractivity contribution >= 4 is 88.7 Å². The molecule has 500 valence electrons. The fourth-order valence-electron chi connectivity index (χ4n) is 18.4. The van der Waals surface area contributed by atoms with Gasteiger partial charge in [-0.1, -0.05) is 174 Å². The molecule has 0 amide bonds. The van der Waals surface area contributed by atoms with E-state index < -0.39 is 0 Å². The average molecular weight is 1410 g/mol. The van der Waals surface area contributed by atoms with Gasteiger partial charge in [0.05, 0.1) is 59.8 Å². The molecule has 0 fully saturated rings. The smallest absolute Gasteiger partial charge is 0.657 e. The van der Waals surface area contributed by atoms with Crippen molar-refractivity contribution in [2.75, 3.05) is 21.3 Å². The summed E-state index contributed by atoms with van der Waals surface area (Å²) in [6.07, 6.45) is 20.2. The first-order valence-electron chi connectivity index (χ1n) is 36.8. The molecule has 4 unspecified atom stereocenters. The van der Waals surface area contributed by atoms with Crippen LogP contribution in [0.2, 0.25) is 0 Å². The maximum absolute atomic E-state index is 7.13. The van der Waals surface area contributed by atoms with Gasteiger partial charge in [0.2, 0.25) is 0 Å². The summed E-state index contributed by atoms with van der Waals surface area (Å²) in [5.74, 6) is 2.07. The van der Waals surface area contributed by atoms with Gasteiger partial charge in [-0.05, 0) is 175 Å². The predicted molar refractivity (Wildman–Crippen MR) is 397 cm³/mol. The van der Waals surface area contributed by atoms with E-state index in [4.69, 9.17) is 54.5 Å². The van der Waals surface area contributed by atoms with Gasteiger partial charge in [-0.2, -0.15) is 0 Å². The van der Waals surface area contributed by atoms with Gasteiger partial charge < -0.3 is 34.5 Å². The molecule has 13 heteroatoms. The molecule has 11 nitrogen and oxygen atoms in total. The summed E-state index contributed by atoms with van der Waals surface area (Å²) < 4.78 is 14.3. The largest absolute Gasteiger partial charge is 2.00 e. The van der Waals surface area contributed by atoms with Crippen molar-refractivity contribution in [3.8, 4) is 11.5 Å². The third-order valence-electron chi connectivity index (χ3n) is 23.1. The Morgan fingerprint density at radius 1 is 0.327 bits per heavy atom. The van der Waals surface area contributed by atoms with Crippen molar-refractivity contribution in [1.29, 1.82) is 0 Å². The molecule has 1 aromatic carbocycles. The van der Waals surface area contributed by atoms with Crippen molar-refractivity contribution < 1.29 is 53.5 Å². The number of aliphatic hydroxyl groups excluding tert-OH is 1. The van der Waals surface area contributed by atoms with E-state index in [0.29, 0.717) is 0 Å². The summed E-state index contributed by atoms with van der Waals surface area (Å²) >= 11 is 0. The van der Waals surface area contributed by atoms with Crippen LogP contribution in [-0.2, 0) is 64.6 Å². The number of hydrogen-bond donors (Lipinski definition) is 1. The number of rotatable bonds is 18. The molecule has 10 heterocycles. The first-order chi connectivity index (χ1) is 46.8. The molecule has 0 spiro atoms. The molecule has 6 aliphatic carbocycles. The van der Waals surface area contributed by atoms with Gasteiger partial charge in [0.1, 0.15) is 11.5 Å². The Labute approximate surface area is 606 Å². The number of fused-ring (bicyclic) bond motifs is 18. The van der Waals surface area contributed by atoms with Crippen LogP contribution in [0.3, 0.4) is 0 Å². The van der Waals surface area contributed by atoms with Crippen LogP contribution in [0.4, 0.5) is 0 Å². The number of benzene rings is 1. The fourth-order valence-corrected chi connectivity index (χ4v) is 18.4. The molecule has 4 aliphatic heterocycles. The molecule has 20 bridgehead atoms. The standard InChI is InChI=1S/C84H94N8O2.CH4O.2Zn/c1-15-23-27-51-43(9)59-35-71-75-55-31-32-56(76(75)72(91-71)36-60-44(10)52(28-24-16-2)68(86-60)40-64-48(20-6)47(19-5)63(89-64)39-67(51)85-59)80-79(55)83(93-13)81-57-33-34-58(82(81)84(80)94-14)78-74-38-62-46(12)54(30-26-18-4)70(88-62)42-66-50(22-8)49(21-7)65(90-66)41-69-53(29-25-17-3)45(11)61(87-69)37-73(92-74)77(57)78;1-2;;/h35-42,55-58H,15-34H2,1-14H3;2H,1H3;;/q-4;;2*+2. The number of allylic oxidation sites excluding steroid dienone is 8. The van der Waals surface area contributed by atoms with Crippen LogP contribution in [0.1, 0.15) is 322 Å². The summed E-state index contributed by atoms with van der Waals surface area (Å²) in [5, 5.41) is 7.00. The van der Waals surface area contributed by atoms with Crippen molar-refractivity contribution in [2.24, 2.45) is 0 Å². The zero-order valence-electron chi connectivity index (χ0n) is 61.3. The Morgan fingerprint density at radius 2 is 0.531 bits per heavy atom. The third-order valence-corrected chi connectivity index (χ3v) is 23.1. The number of aromatic nitrogens is 8. The van der Waals surface area contributed by atoms with Crippen molar-refractivity contribution in [3.05, 3.63) is 161 Å². The Bertz CT molecular complexity index is 4260. The normalized spacial score (nSPS) is 17.8. The molecule has 0 saturated carbocycles. The van der Waals surface area contributed by atoms with Gasteiger partial charge in [-0.15, -0.1) is 44.1 Å². The zero-order valence-corrected chi connectivity index (χ0v) is 67.3. The number of nitrogens with zero attached hydrogens (tertiary/aromatic N) is 8. The van der Waals surface area contributed by atoms with E-state index in [1.165, 1.54) is 111 Å². The molecule has 98 heavy (non-hydrogen) atoms. The van der Waals surface area contributed by atoms with Crippen LogP contribution in [0, 0.1) is 0 Å². The van der Waals surface area contributed by atoms with Crippen molar-refractivity contribution in [3.63, 3.8) is 0 Å². The maximum Gasteiger partial charge on any atom is 2.00 e. The number of aliphatic hydroxyl groups is 1. The predicted octanol–water partition coefficient (Wildman–Crippen LogP) is 20.6. The monoisotopic (exact) mass is 1410 g/mol. The molecule has 0 saturated heterocycles. The number of methoxy groups -OCH3 is 2. The Balaban J connectivity index is 0.00000226. The first kappa shape index (κ1) is 71.1. The van der Waals surface area contributed by atoms with Gasteiger partial charge >= 0.3 is 39.0 Å². The molecule has 1 N–H and O–H groups in total. The van der Waals surface area contributed by atoms with Crippen LogP contribution in [-0.4, -0.2) is 46.4 Å². The van der Waals surface area contributed by atoms with Gasteiger partial charge in [0.15, 0.2) is 0 Å². The van der Waals surface area contributed by atoms with Crippen LogP contribution in [0.15, 0.2) is 48.5 Å². The van der Waals surface area contributed by atoms with Crippen LogP contribution < -0.4 is 29.4 Å². The summed E-state index contributed by atoms with van der Waals surface area (Å²) in [7, 11) is 4.86. The second-order valence-corrected chi connectivity index (χ2v) is 28.1. The number of unbranched alkanes of at least 4 members (excludes halogenated alkanes) is 4. The first-order valence-corrected chi connectivity index (χ1v) is 36.8. The van der Waals surface area contributed by atoms with Crippen molar-refractivity contribution in [2.45, 2.75) is 235 Å². The van der Waals surface area contributed by atoms with E-state index >= 15 is 0 Å². The number of aryl methyl sites for hydroxylation is 4. The second kappa shape index (κ2) is 29.1. The third kappa shape index (κ3) is 11.4. The minimum atomic E-state index is 0. The van der Waals surface area contributed by atoms with Crippen LogP contribution in [0.5, 0.6) is 11.5 Å². The summed E-state index contributed by atoms with van der Waals surface area (Å²) in [6.45, 7) is 27.4. The summed E-state index contributed by atoms with van der Waals surface area (Å²) in [5.41, 5.74) is 42.0. The number of ether oxygens (including phenoxy) is 2. The van der Waals surface area contributed by atoms with E-state index in [1.54, 1.807) is 0 Å². The van der Waals surface area contributed by atoms with Gasteiger partial charge in [0, 0.05) is 53.0 Å².